The van der Waals surface area contributed by atoms with E-state index in [1.165, 1.54) is 7.11 Å². The highest BCUT2D eigenvalue weighted by Gasteiger charge is 2.43. The number of pyridine rings is 1. The summed E-state index contributed by atoms with van der Waals surface area (Å²) in [7, 11) is 1.31. The van der Waals surface area contributed by atoms with Crippen LogP contribution in [0.25, 0.3) is 0 Å². The van der Waals surface area contributed by atoms with Crippen molar-refractivity contribution in [3.8, 4) is 0 Å². The Morgan fingerprint density at radius 3 is 2.90 bits per heavy atom. The van der Waals surface area contributed by atoms with Gasteiger partial charge in [0.15, 0.2) is 0 Å². The molecule has 21 heavy (non-hydrogen) atoms. The minimum atomic E-state index is -0.858. The first-order valence-electron chi connectivity index (χ1n) is 7.02. The summed E-state index contributed by atoms with van der Waals surface area (Å²) in [6.45, 7) is 1.74. The van der Waals surface area contributed by atoms with Crippen molar-refractivity contribution in [3.05, 3.63) is 23.9 Å². The van der Waals surface area contributed by atoms with Gasteiger partial charge in [0.25, 0.3) is 0 Å². The van der Waals surface area contributed by atoms with Crippen LogP contribution >= 0.6 is 0 Å². The molecular formula is C15H20N2O4. The third-order valence-corrected chi connectivity index (χ3v) is 4.22. The van der Waals surface area contributed by atoms with Crippen molar-refractivity contribution in [2.24, 2.45) is 5.41 Å². The minimum Gasteiger partial charge on any atom is -0.481 e. The Hall–Kier alpha value is -2.11. The number of nitrogens with one attached hydrogen (secondary N) is 1. The van der Waals surface area contributed by atoms with Crippen molar-refractivity contribution in [3.63, 3.8) is 0 Å². The molecule has 0 spiro atoms. The number of nitrogens with zero attached hydrogens (tertiary/aromatic N) is 1. The Balaban J connectivity index is 2.28. The summed E-state index contributed by atoms with van der Waals surface area (Å²) in [4.78, 5) is 27.5. The number of aliphatic carboxylic acids is 1. The summed E-state index contributed by atoms with van der Waals surface area (Å²) >= 11 is 0. The molecule has 0 aliphatic heterocycles. The first kappa shape index (κ1) is 15.3. The molecule has 1 heterocycles. The number of ether oxygens (including phenoxy) is 1. The fourth-order valence-electron chi connectivity index (χ4n) is 2.78. The Morgan fingerprint density at radius 2 is 2.24 bits per heavy atom. The second kappa shape index (κ2) is 6.11. The average molecular weight is 292 g/mol. The van der Waals surface area contributed by atoms with Gasteiger partial charge in [-0.25, -0.2) is 9.78 Å². The number of carbonyl (C=O) groups is 2. The van der Waals surface area contributed by atoms with E-state index in [1.54, 1.807) is 25.3 Å². The maximum Gasteiger partial charge on any atom is 0.341 e. The number of carbonyl (C=O) groups excluding carboxylic acids is 1. The van der Waals surface area contributed by atoms with Crippen LogP contribution in [0.1, 0.15) is 43.0 Å². The molecule has 0 aromatic carbocycles. The van der Waals surface area contributed by atoms with Gasteiger partial charge >= 0.3 is 11.9 Å². The maximum atomic E-state index is 11.8. The van der Waals surface area contributed by atoms with Crippen LogP contribution < -0.4 is 5.32 Å². The second-order valence-electron chi connectivity index (χ2n) is 5.56. The summed E-state index contributed by atoms with van der Waals surface area (Å²) in [5.41, 5.74) is -0.540. The predicted molar refractivity (Wildman–Crippen MR) is 77.2 cm³/mol. The molecule has 6 heteroatoms. The number of methoxy groups -OCH3 is 1. The highest BCUT2D eigenvalue weighted by atomic mass is 16.5. The third-order valence-electron chi connectivity index (χ3n) is 4.22. The fourth-order valence-corrected chi connectivity index (χ4v) is 2.78. The van der Waals surface area contributed by atoms with E-state index in [2.05, 4.69) is 10.3 Å². The quantitative estimate of drug-likeness (QED) is 0.828. The molecular weight excluding hydrogens is 272 g/mol. The number of esters is 1. The first-order valence-corrected chi connectivity index (χ1v) is 7.02. The molecule has 0 amide bonds. The van der Waals surface area contributed by atoms with Gasteiger partial charge in [0, 0.05) is 12.2 Å². The highest BCUT2D eigenvalue weighted by molar-refractivity contribution is 5.94. The fraction of sp³-hybridized carbons (Fsp3) is 0.533. The molecule has 1 aromatic heterocycles. The normalized spacial score (nSPS) is 25.1. The molecule has 0 radical (unpaired) electrons. The summed E-state index contributed by atoms with van der Waals surface area (Å²) in [6.07, 6.45) is 4.77. The monoisotopic (exact) mass is 292 g/mol. The highest BCUT2D eigenvalue weighted by Crippen LogP contribution is 2.38. The first-order chi connectivity index (χ1) is 9.99. The minimum absolute atomic E-state index is 0.262. The topological polar surface area (TPSA) is 88.5 Å². The van der Waals surface area contributed by atoms with Gasteiger partial charge in [-0.3, -0.25) is 4.79 Å². The molecule has 2 unspecified atom stereocenters. The molecule has 1 saturated carbocycles. The zero-order valence-corrected chi connectivity index (χ0v) is 12.3. The Kier molecular flexibility index (Phi) is 4.45. The molecule has 0 saturated heterocycles. The number of carboxylic acid groups (broad SMARTS) is 1. The van der Waals surface area contributed by atoms with Crippen molar-refractivity contribution >= 4 is 17.8 Å². The van der Waals surface area contributed by atoms with Crippen LogP contribution in [-0.2, 0) is 9.53 Å². The molecule has 1 aliphatic rings. The van der Waals surface area contributed by atoms with Gasteiger partial charge in [-0.05, 0) is 31.9 Å². The second-order valence-corrected chi connectivity index (χ2v) is 5.56. The molecule has 0 bridgehead atoms. The summed E-state index contributed by atoms with van der Waals surface area (Å²) < 4.78 is 4.73. The van der Waals surface area contributed by atoms with Crippen LogP contribution in [0.15, 0.2) is 18.3 Å². The average Bonchev–Trinajstić information content (AvgIpc) is 2.49. The molecule has 6 nitrogen and oxygen atoms in total. The van der Waals surface area contributed by atoms with Gasteiger partial charge in [0.2, 0.25) is 0 Å². The van der Waals surface area contributed by atoms with E-state index in [0.29, 0.717) is 17.8 Å². The standard InChI is InChI=1S/C15H20N2O4/c1-15(14(19)20)8-4-3-7-11(15)17-12-10(13(18)21-2)6-5-9-16-12/h5-6,9,11H,3-4,7-8H2,1-2H3,(H,16,17)(H,19,20). The van der Waals surface area contributed by atoms with Gasteiger partial charge in [0.1, 0.15) is 11.4 Å². The summed E-state index contributed by atoms with van der Waals surface area (Å²) in [5.74, 6) is -0.933. The molecule has 1 fully saturated rings. The zero-order chi connectivity index (χ0) is 15.5. The Morgan fingerprint density at radius 1 is 1.48 bits per heavy atom. The lowest BCUT2D eigenvalue weighted by Crippen LogP contribution is -2.47. The van der Waals surface area contributed by atoms with Crippen LogP contribution in [-0.4, -0.2) is 35.2 Å². The van der Waals surface area contributed by atoms with E-state index in [4.69, 9.17) is 4.74 Å². The van der Waals surface area contributed by atoms with Gasteiger partial charge in [0.05, 0.1) is 12.5 Å². The van der Waals surface area contributed by atoms with Crippen LogP contribution in [0.3, 0.4) is 0 Å². The van der Waals surface area contributed by atoms with Crippen molar-refractivity contribution < 1.29 is 19.4 Å². The third kappa shape index (κ3) is 2.99. The van der Waals surface area contributed by atoms with E-state index in [-0.39, 0.29) is 6.04 Å². The van der Waals surface area contributed by atoms with Gasteiger partial charge in [-0.15, -0.1) is 0 Å². The lowest BCUT2D eigenvalue weighted by molar-refractivity contribution is -0.150. The smallest absolute Gasteiger partial charge is 0.341 e. The number of rotatable bonds is 4. The summed E-state index contributed by atoms with van der Waals surface area (Å²) in [5, 5.41) is 12.7. The summed E-state index contributed by atoms with van der Waals surface area (Å²) in [6, 6.07) is 3.00. The van der Waals surface area contributed by atoms with E-state index in [1.807, 2.05) is 0 Å². The zero-order valence-electron chi connectivity index (χ0n) is 12.3. The lowest BCUT2D eigenvalue weighted by atomic mass is 9.71. The maximum absolute atomic E-state index is 11.8. The van der Waals surface area contributed by atoms with Crippen molar-refractivity contribution in [1.82, 2.24) is 4.98 Å². The van der Waals surface area contributed by atoms with Crippen LogP contribution in [0.5, 0.6) is 0 Å². The van der Waals surface area contributed by atoms with Gasteiger partial charge in [-0.1, -0.05) is 12.8 Å². The number of hydrogen-bond acceptors (Lipinski definition) is 5. The number of hydrogen-bond donors (Lipinski definition) is 2. The molecule has 2 rings (SSSR count). The molecule has 2 N–H and O–H groups in total. The van der Waals surface area contributed by atoms with E-state index in [9.17, 15) is 14.7 Å². The Labute approximate surface area is 123 Å². The number of aromatic nitrogens is 1. The molecule has 114 valence electrons. The van der Waals surface area contributed by atoms with E-state index >= 15 is 0 Å². The van der Waals surface area contributed by atoms with Crippen LogP contribution in [0, 0.1) is 5.41 Å². The van der Waals surface area contributed by atoms with Gasteiger partial charge in [-0.2, -0.15) is 0 Å². The van der Waals surface area contributed by atoms with E-state index < -0.39 is 17.4 Å². The van der Waals surface area contributed by atoms with Crippen molar-refractivity contribution in [1.29, 1.82) is 0 Å². The lowest BCUT2D eigenvalue weighted by Gasteiger charge is -2.38. The van der Waals surface area contributed by atoms with Crippen molar-refractivity contribution in [2.75, 3.05) is 12.4 Å². The Bertz CT molecular complexity index is 546. The van der Waals surface area contributed by atoms with E-state index in [0.717, 1.165) is 19.3 Å². The largest absolute Gasteiger partial charge is 0.481 e. The van der Waals surface area contributed by atoms with Crippen LogP contribution in [0.4, 0.5) is 5.82 Å². The predicted octanol–water partition coefficient (Wildman–Crippen LogP) is 2.31. The number of anilines is 1. The van der Waals surface area contributed by atoms with Gasteiger partial charge < -0.3 is 15.2 Å². The molecule has 1 aliphatic carbocycles. The molecule has 1 aromatic rings. The SMILES string of the molecule is COC(=O)c1cccnc1NC1CCCCC1(C)C(=O)O. The number of carboxylic acids is 1. The van der Waals surface area contributed by atoms with Crippen LogP contribution in [0.2, 0.25) is 0 Å². The van der Waals surface area contributed by atoms with Crippen molar-refractivity contribution in [2.45, 2.75) is 38.6 Å². The molecule has 2 atom stereocenters.